The van der Waals surface area contributed by atoms with Crippen molar-refractivity contribution in [2.24, 2.45) is 0 Å². The van der Waals surface area contributed by atoms with Crippen molar-refractivity contribution >= 4 is 5.69 Å². The van der Waals surface area contributed by atoms with Crippen molar-refractivity contribution in [2.45, 2.75) is 26.9 Å². The lowest BCUT2D eigenvalue weighted by molar-refractivity contribution is 0.306. The smallest absolute Gasteiger partial charge is 0.142 e. The molecule has 0 fully saturated rings. The third-order valence-corrected chi connectivity index (χ3v) is 3.18. The molecule has 0 radical (unpaired) electrons. The number of benzene rings is 2. The molecule has 2 N–H and O–H groups in total. The molecular weight excluding hydrogens is 241 g/mol. The molecule has 0 heterocycles. The molecule has 0 unspecified atom stereocenters. The Balaban J connectivity index is 2.12. The summed E-state index contributed by atoms with van der Waals surface area (Å²) in [7, 11) is 0. The molecule has 100 valence electrons. The molecular formula is C16H18FNO. The average Bonchev–Trinajstić information content (AvgIpc) is 2.40. The molecule has 2 aromatic carbocycles. The third kappa shape index (κ3) is 3.25. The van der Waals surface area contributed by atoms with Crippen LogP contribution in [0.5, 0.6) is 5.75 Å². The highest BCUT2D eigenvalue weighted by Gasteiger charge is 2.05. The average molecular weight is 259 g/mol. The summed E-state index contributed by atoms with van der Waals surface area (Å²) in [5.41, 5.74) is 9.56. The highest BCUT2D eigenvalue weighted by molar-refractivity contribution is 5.54. The predicted octanol–water partition coefficient (Wildman–Crippen LogP) is 3.86. The van der Waals surface area contributed by atoms with Gasteiger partial charge in [-0.15, -0.1) is 0 Å². The molecule has 0 atom stereocenters. The molecule has 0 aliphatic carbocycles. The maximum absolute atomic E-state index is 13.2. The molecule has 3 heteroatoms. The Labute approximate surface area is 113 Å². The van der Waals surface area contributed by atoms with Crippen LogP contribution in [0.25, 0.3) is 0 Å². The molecule has 0 amide bonds. The lowest BCUT2D eigenvalue weighted by Crippen LogP contribution is -2.01. The Kier molecular flexibility index (Phi) is 4.05. The van der Waals surface area contributed by atoms with Crippen molar-refractivity contribution in [1.82, 2.24) is 0 Å². The molecule has 0 saturated carbocycles. The van der Waals surface area contributed by atoms with Gasteiger partial charge in [0.2, 0.25) is 0 Å². The van der Waals surface area contributed by atoms with Crippen molar-refractivity contribution < 1.29 is 9.13 Å². The molecule has 0 bridgehead atoms. The van der Waals surface area contributed by atoms with Gasteiger partial charge in [0.15, 0.2) is 0 Å². The highest BCUT2D eigenvalue weighted by Crippen LogP contribution is 2.24. The Morgan fingerprint density at radius 3 is 2.63 bits per heavy atom. The second kappa shape index (κ2) is 5.74. The quantitative estimate of drug-likeness (QED) is 0.846. The SMILES string of the molecule is CCc1ccc(OCc2cc(F)ccc2C)c(N)c1. The van der Waals surface area contributed by atoms with Gasteiger partial charge in [-0.1, -0.05) is 19.1 Å². The Morgan fingerprint density at radius 2 is 1.95 bits per heavy atom. The van der Waals surface area contributed by atoms with Crippen LogP contribution in [0.1, 0.15) is 23.6 Å². The predicted molar refractivity (Wildman–Crippen MR) is 75.7 cm³/mol. The molecule has 2 rings (SSSR count). The van der Waals surface area contributed by atoms with Crippen LogP contribution < -0.4 is 10.5 Å². The molecule has 0 saturated heterocycles. The lowest BCUT2D eigenvalue weighted by atomic mass is 10.1. The van der Waals surface area contributed by atoms with Crippen LogP contribution >= 0.6 is 0 Å². The summed E-state index contributed by atoms with van der Waals surface area (Å²) in [6.07, 6.45) is 0.938. The first-order chi connectivity index (χ1) is 9.10. The number of aryl methyl sites for hydroxylation is 2. The molecule has 0 aliphatic heterocycles. The van der Waals surface area contributed by atoms with E-state index in [-0.39, 0.29) is 5.82 Å². The number of halogens is 1. The Bertz CT molecular complexity index is 581. The first-order valence-electron chi connectivity index (χ1n) is 6.36. The zero-order valence-electron chi connectivity index (χ0n) is 11.2. The van der Waals surface area contributed by atoms with Gasteiger partial charge in [0.25, 0.3) is 0 Å². The summed E-state index contributed by atoms with van der Waals surface area (Å²) in [4.78, 5) is 0. The molecule has 0 spiro atoms. The van der Waals surface area contributed by atoms with Crippen LogP contribution in [-0.4, -0.2) is 0 Å². The third-order valence-electron chi connectivity index (χ3n) is 3.18. The van der Waals surface area contributed by atoms with Crippen LogP contribution in [0.15, 0.2) is 36.4 Å². The van der Waals surface area contributed by atoms with Crippen LogP contribution in [0.2, 0.25) is 0 Å². The van der Waals surface area contributed by atoms with Crippen LogP contribution in [0.3, 0.4) is 0 Å². The van der Waals surface area contributed by atoms with Gasteiger partial charge >= 0.3 is 0 Å². The van der Waals surface area contributed by atoms with E-state index in [1.165, 1.54) is 17.7 Å². The van der Waals surface area contributed by atoms with Gasteiger partial charge in [-0.2, -0.15) is 0 Å². The maximum atomic E-state index is 13.2. The fraction of sp³-hybridized carbons (Fsp3) is 0.250. The van der Waals surface area contributed by atoms with E-state index in [1.807, 2.05) is 25.1 Å². The topological polar surface area (TPSA) is 35.2 Å². The van der Waals surface area contributed by atoms with Gasteiger partial charge in [-0.3, -0.25) is 0 Å². The Hall–Kier alpha value is -2.03. The number of anilines is 1. The van der Waals surface area contributed by atoms with E-state index < -0.39 is 0 Å². The first-order valence-corrected chi connectivity index (χ1v) is 6.36. The zero-order valence-corrected chi connectivity index (χ0v) is 11.2. The number of rotatable bonds is 4. The van der Waals surface area contributed by atoms with E-state index in [0.717, 1.165) is 17.5 Å². The van der Waals surface area contributed by atoms with E-state index in [4.69, 9.17) is 10.5 Å². The van der Waals surface area contributed by atoms with Gasteiger partial charge in [0.1, 0.15) is 18.2 Å². The summed E-state index contributed by atoms with van der Waals surface area (Å²) in [5.74, 6) is 0.388. The molecule has 2 nitrogen and oxygen atoms in total. The summed E-state index contributed by atoms with van der Waals surface area (Å²) in [6, 6.07) is 10.5. The second-order valence-corrected chi connectivity index (χ2v) is 4.59. The van der Waals surface area contributed by atoms with Gasteiger partial charge in [0.05, 0.1) is 5.69 Å². The Morgan fingerprint density at radius 1 is 1.16 bits per heavy atom. The summed E-state index contributed by atoms with van der Waals surface area (Å²) in [6.45, 7) is 4.33. The van der Waals surface area contributed by atoms with Crippen molar-refractivity contribution in [3.63, 3.8) is 0 Å². The standard InChI is InChI=1S/C16H18FNO/c1-3-12-5-7-16(15(18)8-12)19-10-13-9-14(17)6-4-11(13)2/h4-9H,3,10,18H2,1-2H3. The van der Waals surface area contributed by atoms with Crippen molar-refractivity contribution in [3.8, 4) is 5.75 Å². The van der Waals surface area contributed by atoms with Gasteiger partial charge in [0, 0.05) is 0 Å². The van der Waals surface area contributed by atoms with E-state index in [9.17, 15) is 4.39 Å². The number of ether oxygens (including phenoxy) is 1. The van der Waals surface area contributed by atoms with Crippen LogP contribution in [0, 0.1) is 12.7 Å². The van der Waals surface area contributed by atoms with Crippen molar-refractivity contribution in [1.29, 1.82) is 0 Å². The lowest BCUT2D eigenvalue weighted by Gasteiger charge is -2.11. The minimum absolute atomic E-state index is 0.251. The summed E-state index contributed by atoms with van der Waals surface area (Å²) < 4.78 is 18.8. The van der Waals surface area contributed by atoms with Gasteiger partial charge < -0.3 is 10.5 Å². The van der Waals surface area contributed by atoms with E-state index in [2.05, 4.69) is 6.92 Å². The summed E-state index contributed by atoms with van der Waals surface area (Å²) >= 11 is 0. The number of nitrogens with two attached hydrogens (primary N) is 1. The van der Waals surface area contributed by atoms with Crippen molar-refractivity contribution in [2.75, 3.05) is 5.73 Å². The van der Waals surface area contributed by atoms with Gasteiger partial charge in [-0.25, -0.2) is 4.39 Å². The molecule has 2 aromatic rings. The first kappa shape index (κ1) is 13.4. The fourth-order valence-electron chi connectivity index (χ4n) is 1.90. The fourth-order valence-corrected chi connectivity index (χ4v) is 1.90. The zero-order chi connectivity index (χ0) is 13.8. The van der Waals surface area contributed by atoms with E-state index in [1.54, 1.807) is 6.07 Å². The largest absolute Gasteiger partial charge is 0.487 e. The number of nitrogen functional groups attached to an aromatic ring is 1. The van der Waals surface area contributed by atoms with Crippen LogP contribution in [-0.2, 0) is 13.0 Å². The van der Waals surface area contributed by atoms with E-state index in [0.29, 0.717) is 18.0 Å². The van der Waals surface area contributed by atoms with E-state index >= 15 is 0 Å². The normalized spacial score (nSPS) is 10.5. The molecule has 19 heavy (non-hydrogen) atoms. The van der Waals surface area contributed by atoms with Crippen molar-refractivity contribution in [3.05, 3.63) is 58.9 Å². The highest BCUT2D eigenvalue weighted by atomic mass is 19.1. The monoisotopic (exact) mass is 259 g/mol. The van der Waals surface area contributed by atoms with Gasteiger partial charge in [-0.05, 0) is 54.3 Å². The summed E-state index contributed by atoms with van der Waals surface area (Å²) in [5, 5.41) is 0. The molecule has 0 aromatic heterocycles. The maximum Gasteiger partial charge on any atom is 0.142 e. The minimum Gasteiger partial charge on any atom is -0.487 e. The minimum atomic E-state index is -0.251. The number of hydrogen-bond donors (Lipinski definition) is 1. The second-order valence-electron chi connectivity index (χ2n) is 4.59. The number of hydrogen-bond acceptors (Lipinski definition) is 2. The molecule has 0 aliphatic rings. The van der Waals surface area contributed by atoms with Crippen LogP contribution in [0.4, 0.5) is 10.1 Å².